The molecule has 0 radical (unpaired) electrons. The number of ether oxygens (including phenoxy) is 1. The number of oxazole rings is 1. The van der Waals surface area contributed by atoms with Crippen LogP contribution in [0.3, 0.4) is 0 Å². The fourth-order valence-electron chi connectivity index (χ4n) is 4.65. The summed E-state index contributed by atoms with van der Waals surface area (Å²) in [6.45, 7) is 2.72. The lowest BCUT2D eigenvalue weighted by atomic mass is 9.92. The second-order valence-corrected chi connectivity index (χ2v) is 8.95. The Balaban J connectivity index is 1.15. The van der Waals surface area contributed by atoms with Crippen molar-refractivity contribution < 1.29 is 18.7 Å². The first-order valence-corrected chi connectivity index (χ1v) is 11.8. The number of fused-ring (bicyclic) bond motifs is 1. The number of amides is 2. The summed E-state index contributed by atoms with van der Waals surface area (Å²) >= 11 is 0. The highest BCUT2D eigenvalue weighted by molar-refractivity contribution is 5.97. The first-order chi connectivity index (χ1) is 16.2. The molecule has 172 valence electrons. The first kappa shape index (κ1) is 21.6. The Labute approximate surface area is 193 Å². The van der Waals surface area contributed by atoms with E-state index in [-0.39, 0.29) is 17.9 Å². The Bertz CT molecular complexity index is 1110. The van der Waals surface area contributed by atoms with E-state index < -0.39 is 0 Å². The molecule has 3 heterocycles. The molecule has 2 aliphatic heterocycles. The number of hydrogen-bond acceptors (Lipinski definition) is 5. The number of nitrogens with zero attached hydrogens (tertiary/aromatic N) is 2. The van der Waals surface area contributed by atoms with Crippen molar-refractivity contribution in [3.8, 4) is 11.5 Å². The van der Waals surface area contributed by atoms with E-state index in [4.69, 9.17) is 9.15 Å². The van der Waals surface area contributed by atoms with E-state index in [1.54, 1.807) is 12.1 Å². The van der Waals surface area contributed by atoms with Crippen LogP contribution in [0.2, 0.25) is 0 Å². The first-order valence-electron chi connectivity index (χ1n) is 11.8. The van der Waals surface area contributed by atoms with E-state index >= 15 is 0 Å². The summed E-state index contributed by atoms with van der Waals surface area (Å²) in [7, 11) is 0. The molecule has 7 heteroatoms. The Morgan fingerprint density at radius 2 is 1.88 bits per heavy atom. The van der Waals surface area contributed by atoms with Gasteiger partial charge in [0.2, 0.25) is 11.8 Å². The van der Waals surface area contributed by atoms with Gasteiger partial charge in [-0.3, -0.25) is 9.59 Å². The van der Waals surface area contributed by atoms with Crippen molar-refractivity contribution in [3.63, 3.8) is 0 Å². The Kier molecular flexibility index (Phi) is 6.39. The average molecular weight is 448 g/mol. The maximum Gasteiger partial charge on any atom is 0.253 e. The van der Waals surface area contributed by atoms with Crippen LogP contribution < -0.4 is 5.32 Å². The zero-order valence-electron chi connectivity index (χ0n) is 18.7. The molecule has 5 rings (SSSR count). The van der Waals surface area contributed by atoms with Crippen LogP contribution in [0.1, 0.15) is 42.5 Å². The molecule has 2 aliphatic rings. The molecule has 1 N–H and O–H groups in total. The summed E-state index contributed by atoms with van der Waals surface area (Å²) in [5.41, 5.74) is 2.86. The summed E-state index contributed by atoms with van der Waals surface area (Å²) in [4.78, 5) is 31.8. The molecule has 1 atom stereocenters. The van der Waals surface area contributed by atoms with Crippen LogP contribution in [0.4, 0.5) is 0 Å². The van der Waals surface area contributed by atoms with E-state index in [1.807, 2.05) is 41.3 Å². The standard InChI is InChI=1S/C26H29N3O4/c30-24(27-17-21-7-4-14-32-21)15-18-10-12-29(13-11-18)26(31)20-8-9-23-22(16-20)28-25(33-23)19-5-2-1-3-6-19/h1-3,5-6,8-9,16,18,21H,4,7,10-15,17H2,(H,27,30)/t21-/m1/s1. The Morgan fingerprint density at radius 3 is 2.64 bits per heavy atom. The Morgan fingerprint density at radius 1 is 1.06 bits per heavy atom. The Hall–Kier alpha value is -3.19. The maximum atomic E-state index is 13.1. The largest absolute Gasteiger partial charge is 0.436 e. The van der Waals surface area contributed by atoms with Crippen molar-refractivity contribution in [2.45, 2.75) is 38.2 Å². The van der Waals surface area contributed by atoms with Crippen molar-refractivity contribution in [2.24, 2.45) is 5.92 Å². The monoisotopic (exact) mass is 447 g/mol. The molecule has 7 nitrogen and oxygen atoms in total. The topological polar surface area (TPSA) is 84.7 Å². The molecule has 0 aliphatic carbocycles. The molecule has 3 aromatic rings. The molecule has 2 saturated heterocycles. The van der Waals surface area contributed by atoms with Crippen LogP contribution in [0.5, 0.6) is 0 Å². The van der Waals surface area contributed by atoms with Gasteiger partial charge in [-0.2, -0.15) is 0 Å². The fraction of sp³-hybridized carbons (Fsp3) is 0.423. The minimum Gasteiger partial charge on any atom is -0.436 e. The van der Waals surface area contributed by atoms with Crippen molar-refractivity contribution >= 4 is 22.9 Å². The van der Waals surface area contributed by atoms with Crippen LogP contribution in [0.15, 0.2) is 52.9 Å². The summed E-state index contributed by atoms with van der Waals surface area (Å²) < 4.78 is 11.4. The minimum absolute atomic E-state index is 0.00226. The molecule has 33 heavy (non-hydrogen) atoms. The van der Waals surface area contributed by atoms with Gasteiger partial charge < -0.3 is 19.4 Å². The van der Waals surface area contributed by atoms with Crippen LogP contribution in [0, 0.1) is 5.92 Å². The SMILES string of the molecule is O=C(CC1CCN(C(=O)c2ccc3oc(-c4ccccc4)nc3c2)CC1)NC[C@H]1CCCO1. The van der Waals surface area contributed by atoms with Crippen molar-refractivity contribution in [3.05, 3.63) is 54.1 Å². The normalized spacial score (nSPS) is 19.2. The zero-order valence-corrected chi connectivity index (χ0v) is 18.7. The predicted molar refractivity (Wildman–Crippen MR) is 125 cm³/mol. The number of piperidine rings is 1. The number of likely N-dealkylation sites (tertiary alicyclic amines) is 1. The molecule has 0 saturated carbocycles. The highest BCUT2D eigenvalue weighted by Gasteiger charge is 2.26. The van der Waals surface area contributed by atoms with E-state index in [1.165, 1.54) is 0 Å². The number of hydrogen-bond donors (Lipinski definition) is 1. The molecular formula is C26H29N3O4. The molecule has 0 spiro atoms. The molecule has 0 bridgehead atoms. The lowest BCUT2D eigenvalue weighted by Crippen LogP contribution is -2.40. The number of carbonyl (C=O) groups excluding carboxylic acids is 2. The highest BCUT2D eigenvalue weighted by atomic mass is 16.5. The molecular weight excluding hydrogens is 418 g/mol. The highest BCUT2D eigenvalue weighted by Crippen LogP contribution is 2.26. The summed E-state index contributed by atoms with van der Waals surface area (Å²) in [5.74, 6) is 0.946. The number of aromatic nitrogens is 1. The van der Waals surface area contributed by atoms with Gasteiger partial charge in [0.15, 0.2) is 5.58 Å². The number of benzene rings is 2. The fourth-order valence-corrected chi connectivity index (χ4v) is 4.65. The number of rotatable bonds is 6. The third-order valence-electron chi connectivity index (χ3n) is 6.58. The van der Waals surface area contributed by atoms with Crippen molar-refractivity contribution in [2.75, 3.05) is 26.2 Å². The quantitative estimate of drug-likeness (QED) is 0.617. The van der Waals surface area contributed by atoms with Gasteiger partial charge in [0.25, 0.3) is 5.91 Å². The van der Waals surface area contributed by atoms with Crippen molar-refractivity contribution in [1.29, 1.82) is 0 Å². The minimum atomic E-state index is 0.00226. The maximum absolute atomic E-state index is 13.1. The number of carbonyl (C=O) groups is 2. The second-order valence-electron chi connectivity index (χ2n) is 8.95. The van der Waals surface area contributed by atoms with Crippen LogP contribution in [0.25, 0.3) is 22.6 Å². The summed E-state index contributed by atoms with van der Waals surface area (Å²) in [6, 6.07) is 15.1. The van der Waals surface area contributed by atoms with Gasteiger partial charge in [0.1, 0.15) is 5.52 Å². The third-order valence-corrected chi connectivity index (χ3v) is 6.58. The molecule has 2 amide bonds. The van der Waals surface area contributed by atoms with Crippen LogP contribution >= 0.6 is 0 Å². The summed E-state index contributed by atoms with van der Waals surface area (Å²) in [5, 5.41) is 3.00. The van der Waals surface area contributed by atoms with Gasteiger partial charge >= 0.3 is 0 Å². The average Bonchev–Trinajstić information content (AvgIpc) is 3.53. The van der Waals surface area contributed by atoms with Gasteiger partial charge in [-0.1, -0.05) is 18.2 Å². The van der Waals surface area contributed by atoms with Gasteiger partial charge in [-0.05, 0) is 61.9 Å². The van der Waals surface area contributed by atoms with Gasteiger partial charge in [0.05, 0.1) is 6.10 Å². The molecule has 0 unspecified atom stereocenters. The van der Waals surface area contributed by atoms with Gasteiger partial charge in [-0.15, -0.1) is 0 Å². The van der Waals surface area contributed by atoms with Crippen LogP contribution in [-0.4, -0.2) is 54.0 Å². The van der Waals surface area contributed by atoms with E-state index in [0.717, 1.165) is 37.9 Å². The molecule has 2 aromatic carbocycles. The predicted octanol–water partition coefficient (Wildman–Crippen LogP) is 4.03. The van der Waals surface area contributed by atoms with Gasteiger partial charge in [-0.25, -0.2) is 4.98 Å². The zero-order chi connectivity index (χ0) is 22.6. The van der Waals surface area contributed by atoms with Crippen molar-refractivity contribution in [1.82, 2.24) is 15.2 Å². The van der Waals surface area contributed by atoms with E-state index in [9.17, 15) is 9.59 Å². The number of nitrogens with one attached hydrogen (secondary N) is 1. The van der Waals surface area contributed by atoms with E-state index in [2.05, 4.69) is 10.3 Å². The lowest BCUT2D eigenvalue weighted by Gasteiger charge is -2.32. The molecule has 1 aromatic heterocycles. The second kappa shape index (κ2) is 9.75. The molecule has 2 fully saturated rings. The van der Waals surface area contributed by atoms with Crippen LogP contribution in [-0.2, 0) is 9.53 Å². The smallest absolute Gasteiger partial charge is 0.253 e. The van der Waals surface area contributed by atoms with E-state index in [0.29, 0.717) is 54.5 Å². The third kappa shape index (κ3) is 5.09. The van der Waals surface area contributed by atoms with Gasteiger partial charge in [0, 0.05) is 43.8 Å². The summed E-state index contributed by atoms with van der Waals surface area (Å²) in [6.07, 6.45) is 4.45. The lowest BCUT2D eigenvalue weighted by molar-refractivity contribution is -0.122.